The molecule has 0 saturated carbocycles. The van der Waals surface area contributed by atoms with Crippen molar-refractivity contribution in [3.05, 3.63) is 29.8 Å². The number of carbonyl (C=O) groups excluding carboxylic acids is 1. The summed E-state index contributed by atoms with van der Waals surface area (Å²) in [4.78, 5) is 14.8. The quantitative estimate of drug-likeness (QED) is 0.871. The van der Waals surface area contributed by atoms with Gasteiger partial charge in [0.25, 0.3) is 0 Å². The molecule has 0 fully saturated rings. The molecule has 1 aromatic heterocycles. The normalized spacial score (nSPS) is 18.1. The van der Waals surface area contributed by atoms with E-state index in [1.165, 1.54) is 28.7 Å². The van der Waals surface area contributed by atoms with E-state index in [2.05, 4.69) is 28.5 Å². The predicted molar refractivity (Wildman–Crippen MR) is 91.9 cm³/mol. The third-order valence-electron chi connectivity index (χ3n) is 3.69. The van der Waals surface area contributed by atoms with Gasteiger partial charge in [-0.15, -0.1) is 10.2 Å². The topological polar surface area (TPSA) is 58.1 Å². The summed E-state index contributed by atoms with van der Waals surface area (Å²) in [7, 11) is 1.81. The van der Waals surface area contributed by atoms with E-state index in [0.717, 1.165) is 21.6 Å². The van der Waals surface area contributed by atoms with Crippen LogP contribution in [0.15, 0.2) is 28.6 Å². The number of nitrogens with one attached hydrogen (secondary N) is 1. The highest BCUT2D eigenvalue weighted by molar-refractivity contribution is 8.02. The van der Waals surface area contributed by atoms with E-state index in [0.29, 0.717) is 0 Å². The fraction of sp³-hybridized carbons (Fsp3) is 0.400. The molecule has 7 heteroatoms. The maximum Gasteiger partial charge on any atom is 0.240 e. The fourth-order valence-electron chi connectivity index (χ4n) is 2.66. The molecular formula is C15H18N4OS2. The number of thioether (sulfide) groups is 1. The van der Waals surface area contributed by atoms with Crippen LogP contribution in [0.4, 0.5) is 10.8 Å². The van der Waals surface area contributed by atoms with Crippen molar-refractivity contribution in [1.29, 1.82) is 0 Å². The highest BCUT2D eigenvalue weighted by atomic mass is 32.2. The molecule has 1 N–H and O–H groups in total. The molecule has 1 amide bonds. The van der Waals surface area contributed by atoms with Gasteiger partial charge in [0, 0.05) is 18.8 Å². The summed E-state index contributed by atoms with van der Waals surface area (Å²) < 4.78 is 0.810. The number of amides is 1. The Kier molecular flexibility index (Phi) is 4.35. The molecule has 1 aliphatic rings. The van der Waals surface area contributed by atoms with E-state index in [-0.39, 0.29) is 17.2 Å². The summed E-state index contributed by atoms with van der Waals surface area (Å²) in [5.41, 5.74) is 2.29. The number of aromatic nitrogens is 2. The first-order chi connectivity index (χ1) is 10.6. The van der Waals surface area contributed by atoms with Gasteiger partial charge in [-0.1, -0.05) is 41.3 Å². The van der Waals surface area contributed by atoms with Crippen LogP contribution >= 0.6 is 23.1 Å². The Bertz CT molecular complexity index is 688. The van der Waals surface area contributed by atoms with Crippen LogP contribution < -0.4 is 10.2 Å². The smallest absolute Gasteiger partial charge is 0.240 e. The summed E-state index contributed by atoms with van der Waals surface area (Å²) in [5, 5.41) is 11.6. The van der Waals surface area contributed by atoms with Crippen molar-refractivity contribution in [3.63, 3.8) is 0 Å². The fourth-order valence-corrected chi connectivity index (χ4v) is 4.56. The van der Waals surface area contributed by atoms with E-state index in [4.69, 9.17) is 0 Å². The predicted octanol–water partition coefficient (Wildman–Crippen LogP) is 3.04. The minimum Gasteiger partial charge on any atom is -0.363 e. The van der Waals surface area contributed by atoms with Gasteiger partial charge < -0.3 is 10.2 Å². The maximum atomic E-state index is 12.8. The first-order valence-electron chi connectivity index (χ1n) is 7.19. The van der Waals surface area contributed by atoms with Crippen molar-refractivity contribution in [1.82, 2.24) is 10.2 Å². The number of rotatable bonds is 4. The van der Waals surface area contributed by atoms with Gasteiger partial charge in [0.1, 0.15) is 0 Å². The summed E-state index contributed by atoms with van der Waals surface area (Å²) in [6, 6.07) is 8.34. The second-order valence-corrected chi connectivity index (χ2v) is 7.84. The van der Waals surface area contributed by atoms with Gasteiger partial charge >= 0.3 is 0 Å². The van der Waals surface area contributed by atoms with Crippen LogP contribution in [0.2, 0.25) is 0 Å². The Morgan fingerprint density at radius 1 is 1.45 bits per heavy atom. The van der Waals surface area contributed by atoms with Crippen LogP contribution in [-0.2, 0) is 11.2 Å². The molecule has 3 rings (SSSR count). The maximum absolute atomic E-state index is 12.8. The molecule has 2 atom stereocenters. The van der Waals surface area contributed by atoms with Crippen LogP contribution in [-0.4, -0.2) is 34.4 Å². The highest BCUT2D eigenvalue weighted by Crippen LogP contribution is 2.35. The van der Waals surface area contributed by atoms with Crippen LogP contribution in [0.5, 0.6) is 0 Å². The number of hydrogen-bond acceptors (Lipinski definition) is 6. The molecule has 1 aromatic carbocycles. The molecule has 0 spiro atoms. The Morgan fingerprint density at radius 2 is 2.23 bits per heavy atom. The van der Waals surface area contributed by atoms with Crippen molar-refractivity contribution in [2.75, 3.05) is 17.3 Å². The Morgan fingerprint density at radius 3 is 2.95 bits per heavy atom. The largest absolute Gasteiger partial charge is 0.363 e. The number of fused-ring (bicyclic) bond motifs is 1. The van der Waals surface area contributed by atoms with Crippen LogP contribution in [0.1, 0.15) is 19.4 Å². The summed E-state index contributed by atoms with van der Waals surface area (Å²) >= 11 is 2.93. The number of para-hydroxylation sites is 1. The third kappa shape index (κ3) is 2.83. The van der Waals surface area contributed by atoms with E-state index in [1.54, 1.807) is 0 Å². The Balaban J connectivity index is 1.75. The molecule has 0 saturated heterocycles. The number of benzene rings is 1. The number of hydrogen-bond donors (Lipinski definition) is 1. The molecular weight excluding hydrogens is 316 g/mol. The van der Waals surface area contributed by atoms with Gasteiger partial charge in [-0.25, -0.2) is 0 Å². The first kappa shape index (κ1) is 15.3. The van der Waals surface area contributed by atoms with Gasteiger partial charge in [-0.2, -0.15) is 0 Å². The standard InChI is InChI=1S/C15H18N4OS2/c1-9-8-11-6-4-5-7-12(11)19(9)13(20)10(2)21-15-18-17-14(16-3)22-15/h4-7,9-10H,8H2,1-3H3,(H,16,17)/t9-,10+/m1/s1. The van der Waals surface area contributed by atoms with Crippen molar-refractivity contribution in [2.45, 2.75) is 35.9 Å². The molecule has 1 aliphatic heterocycles. The van der Waals surface area contributed by atoms with Gasteiger partial charge in [-0.05, 0) is 31.9 Å². The third-order valence-corrected chi connectivity index (χ3v) is 5.80. The summed E-state index contributed by atoms with van der Waals surface area (Å²) in [6.45, 7) is 4.03. The zero-order valence-corrected chi connectivity index (χ0v) is 14.4. The zero-order chi connectivity index (χ0) is 15.7. The first-order valence-corrected chi connectivity index (χ1v) is 8.88. The van der Waals surface area contributed by atoms with Crippen LogP contribution in [0.25, 0.3) is 0 Å². The van der Waals surface area contributed by atoms with Crippen molar-refractivity contribution >= 4 is 39.8 Å². The highest BCUT2D eigenvalue weighted by Gasteiger charge is 2.33. The molecule has 116 valence electrons. The molecule has 0 aliphatic carbocycles. The van der Waals surface area contributed by atoms with E-state index >= 15 is 0 Å². The van der Waals surface area contributed by atoms with Gasteiger partial charge in [-0.3, -0.25) is 4.79 Å². The lowest BCUT2D eigenvalue weighted by Crippen LogP contribution is -2.40. The zero-order valence-electron chi connectivity index (χ0n) is 12.7. The Hall–Kier alpha value is -1.60. The number of anilines is 2. The van der Waals surface area contributed by atoms with Crippen molar-refractivity contribution in [3.8, 4) is 0 Å². The van der Waals surface area contributed by atoms with Crippen molar-refractivity contribution in [2.24, 2.45) is 0 Å². The second-order valence-electron chi connectivity index (χ2n) is 5.27. The lowest BCUT2D eigenvalue weighted by atomic mass is 10.1. The lowest BCUT2D eigenvalue weighted by Gasteiger charge is -2.25. The average Bonchev–Trinajstić information content (AvgIpc) is 3.09. The lowest BCUT2D eigenvalue weighted by molar-refractivity contribution is -0.118. The minimum absolute atomic E-state index is 0.128. The molecule has 5 nitrogen and oxygen atoms in total. The minimum atomic E-state index is -0.189. The van der Waals surface area contributed by atoms with E-state index in [1.807, 2.05) is 37.1 Å². The molecule has 0 bridgehead atoms. The molecule has 22 heavy (non-hydrogen) atoms. The second kappa shape index (κ2) is 6.26. The summed E-state index contributed by atoms with van der Waals surface area (Å²) in [5.74, 6) is 0.128. The molecule has 0 radical (unpaired) electrons. The SMILES string of the molecule is CNc1nnc(S[C@@H](C)C(=O)N2c3ccccc3C[C@H]2C)s1. The summed E-state index contributed by atoms with van der Waals surface area (Å²) in [6.07, 6.45) is 0.919. The average molecular weight is 334 g/mol. The molecule has 0 unspecified atom stereocenters. The Labute approximate surface area is 138 Å². The van der Waals surface area contributed by atoms with Gasteiger partial charge in [0.05, 0.1) is 5.25 Å². The van der Waals surface area contributed by atoms with E-state index < -0.39 is 0 Å². The monoisotopic (exact) mass is 334 g/mol. The van der Waals surface area contributed by atoms with Crippen molar-refractivity contribution < 1.29 is 4.79 Å². The number of nitrogens with zero attached hydrogens (tertiary/aromatic N) is 3. The van der Waals surface area contributed by atoms with Crippen LogP contribution in [0.3, 0.4) is 0 Å². The molecule has 2 heterocycles. The molecule has 2 aromatic rings. The van der Waals surface area contributed by atoms with E-state index in [9.17, 15) is 4.79 Å². The van der Waals surface area contributed by atoms with Gasteiger partial charge in [0.2, 0.25) is 11.0 Å². The van der Waals surface area contributed by atoms with Gasteiger partial charge in [0.15, 0.2) is 4.34 Å². The van der Waals surface area contributed by atoms with Crippen LogP contribution in [0, 0.1) is 0 Å². The number of carbonyl (C=O) groups is 1.